The summed E-state index contributed by atoms with van der Waals surface area (Å²) in [7, 11) is 0. The average molecular weight is 434 g/mol. The highest BCUT2D eigenvalue weighted by Gasteiger charge is 2.20. The standard InChI is InChI=1S/C22H23FN8O/c1-14-12-31-13-15(10-18(23)21(31)28-14)29-22(32)16-2-3-19(30-8-6-26-7-9-30)17(20(16)25)11-27-5-4-24/h2-3,10-13,26H,5-9,25H2,1H3,(H,29,32). The van der Waals surface area contributed by atoms with Gasteiger partial charge in [-0.15, -0.1) is 0 Å². The van der Waals surface area contributed by atoms with Crippen molar-refractivity contribution in [1.29, 1.82) is 5.26 Å². The molecule has 0 unspecified atom stereocenters. The number of carbonyl (C=O) groups is 1. The van der Waals surface area contributed by atoms with Gasteiger partial charge in [0.05, 0.1) is 28.7 Å². The summed E-state index contributed by atoms with van der Waals surface area (Å²) in [4.78, 5) is 23.4. The van der Waals surface area contributed by atoms with Crippen molar-refractivity contribution in [2.24, 2.45) is 4.99 Å². The number of carbonyl (C=O) groups excluding carboxylic acids is 1. The maximum atomic E-state index is 14.4. The Hall–Kier alpha value is -3.97. The molecule has 4 N–H and O–H groups in total. The molecular formula is C22H23FN8O. The Kier molecular flexibility index (Phi) is 6.00. The van der Waals surface area contributed by atoms with Gasteiger partial charge >= 0.3 is 0 Å². The minimum absolute atomic E-state index is 0.0134. The highest BCUT2D eigenvalue weighted by Crippen LogP contribution is 2.29. The number of fused-ring (bicyclic) bond motifs is 1. The summed E-state index contributed by atoms with van der Waals surface area (Å²) in [6.07, 6.45) is 4.80. The van der Waals surface area contributed by atoms with Gasteiger partial charge in [0.25, 0.3) is 5.91 Å². The molecule has 3 aromatic rings. The number of nitrogens with one attached hydrogen (secondary N) is 2. The van der Waals surface area contributed by atoms with Crippen LogP contribution in [-0.2, 0) is 0 Å². The molecule has 9 nitrogen and oxygen atoms in total. The lowest BCUT2D eigenvalue weighted by atomic mass is 10.0. The maximum Gasteiger partial charge on any atom is 0.257 e. The van der Waals surface area contributed by atoms with Gasteiger partial charge in [0.15, 0.2) is 11.5 Å². The second-order valence-corrected chi connectivity index (χ2v) is 7.47. The molecule has 0 radical (unpaired) electrons. The monoisotopic (exact) mass is 434 g/mol. The molecule has 0 aliphatic carbocycles. The van der Waals surface area contributed by atoms with Crippen molar-refractivity contribution in [2.45, 2.75) is 6.92 Å². The number of pyridine rings is 1. The summed E-state index contributed by atoms with van der Waals surface area (Å²) in [6, 6.07) is 6.67. The first-order chi connectivity index (χ1) is 15.5. The molecule has 1 amide bonds. The van der Waals surface area contributed by atoms with Gasteiger partial charge in [-0.1, -0.05) is 0 Å². The molecule has 10 heteroatoms. The van der Waals surface area contributed by atoms with Gasteiger partial charge in [-0.3, -0.25) is 9.79 Å². The Morgan fingerprint density at radius 3 is 2.94 bits per heavy atom. The zero-order valence-corrected chi connectivity index (χ0v) is 17.6. The van der Waals surface area contributed by atoms with Crippen LogP contribution in [0.25, 0.3) is 5.65 Å². The SMILES string of the molecule is Cc1cn2cc(NC(=O)c3ccc(N4CCNCC4)c(C=NCC#N)c3N)cc(F)c2n1. The van der Waals surface area contributed by atoms with Crippen LogP contribution in [0.2, 0.25) is 0 Å². The normalized spacial score (nSPS) is 14.1. The molecule has 1 saturated heterocycles. The van der Waals surface area contributed by atoms with E-state index in [1.165, 1.54) is 16.7 Å². The van der Waals surface area contributed by atoms with E-state index in [2.05, 4.69) is 25.5 Å². The molecule has 164 valence electrons. The number of aliphatic imine (C=N–C) groups is 1. The number of amides is 1. The van der Waals surface area contributed by atoms with Gasteiger partial charge in [-0.2, -0.15) is 5.26 Å². The minimum Gasteiger partial charge on any atom is -0.397 e. The number of aromatic nitrogens is 2. The number of anilines is 3. The second kappa shape index (κ2) is 9.03. The number of aryl methyl sites for hydroxylation is 1. The fourth-order valence-corrected chi connectivity index (χ4v) is 3.76. The van der Waals surface area contributed by atoms with Gasteiger partial charge < -0.3 is 25.7 Å². The Bertz CT molecular complexity index is 1240. The molecule has 0 saturated carbocycles. The number of nitrogens with two attached hydrogens (primary N) is 1. The van der Waals surface area contributed by atoms with Crippen molar-refractivity contribution in [1.82, 2.24) is 14.7 Å². The molecular weight excluding hydrogens is 411 g/mol. The van der Waals surface area contributed by atoms with E-state index in [4.69, 9.17) is 11.0 Å². The zero-order valence-electron chi connectivity index (χ0n) is 17.6. The van der Waals surface area contributed by atoms with E-state index < -0.39 is 11.7 Å². The Morgan fingerprint density at radius 2 is 2.19 bits per heavy atom. The van der Waals surface area contributed by atoms with Crippen molar-refractivity contribution >= 4 is 34.8 Å². The lowest BCUT2D eigenvalue weighted by molar-refractivity contribution is 0.102. The molecule has 0 spiro atoms. The number of nitriles is 1. The van der Waals surface area contributed by atoms with E-state index in [1.807, 2.05) is 12.1 Å². The third-order valence-electron chi connectivity index (χ3n) is 5.23. The molecule has 1 fully saturated rings. The first-order valence-corrected chi connectivity index (χ1v) is 10.2. The number of rotatable bonds is 5. The zero-order chi connectivity index (χ0) is 22.7. The third kappa shape index (κ3) is 4.24. The van der Waals surface area contributed by atoms with Gasteiger partial charge in [0, 0.05) is 62.1 Å². The number of nitrogens with zero attached hydrogens (tertiary/aromatic N) is 5. The van der Waals surface area contributed by atoms with E-state index in [9.17, 15) is 9.18 Å². The number of piperazine rings is 1. The lowest BCUT2D eigenvalue weighted by Crippen LogP contribution is -2.44. The number of benzene rings is 1. The summed E-state index contributed by atoms with van der Waals surface area (Å²) in [5, 5.41) is 14.8. The van der Waals surface area contributed by atoms with Crippen molar-refractivity contribution in [3.05, 3.63) is 53.2 Å². The number of nitrogen functional groups attached to an aromatic ring is 1. The first kappa shape index (κ1) is 21.3. The third-order valence-corrected chi connectivity index (χ3v) is 5.23. The number of halogens is 1. The highest BCUT2D eigenvalue weighted by molar-refractivity contribution is 6.11. The predicted molar refractivity (Wildman–Crippen MR) is 122 cm³/mol. The van der Waals surface area contributed by atoms with E-state index in [0.29, 0.717) is 11.3 Å². The summed E-state index contributed by atoms with van der Waals surface area (Å²) in [5.41, 5.74) is 9.45. The Labute approximate surface area is 184 Å². The topological polar surface area (TPSA) is 124 Å². The molecule has 0 atom stereocenters. The molecule has 1 aromatic carbocycles. The van der Waals surface area contributed by atoms with Crippen molar-refractivity contribution in [2.75, 3.05) is 48.7 Å². The van der Waals surface area contributed by atoms with Gasteiger partial charge in [0.1, 0.15) is 6.54 Å². The summed E-state index contributed by atoms with van der Waals surface area (Å²) in [6.45, 7) is 4.99. The number of hydrogen-bond acceptors (Lipinski definition) is 7. The van der Waals surface area contributed by atoms with E-state index >= 15 is 0 Å². The van der Waals surface area contributed by atoms with Crippen LogP contribution in [0.4, 0.5) is 21.5 Å². The van der Waals surface area contributed by atoms with E-state index in [-0.39, 0.29) is 29.1 Å². The van der Waals surface area contributed by atoms with Gasteiger partial charge in [0.2, 0.25) is 0 Å². The van der Waals surface area contributed by atoms with Crippen LogP contribution in [0.3, 0.4) is 0 Å². The van der Waals surface area contributed by atoms with E-state index in [0.717, 1.165) is 31.9 Å². The fraction of sp³-hybridized carbons (Fsp3) is 0.273. The van der Waals surface area contributed by atoms with Crippen LogP contribution < -0.4 is 21.3 Å². The average Bonchev–Trinajstić information content (AvgIpc) is 3.16. The molecule has 3 heterocycles. The predicted octanol–water partition coefficient (Wildman–Crippen LogP) is 1.97. The highest BCUT2D eigenvalue weighted by atomic mass is 19.1. The summed E-state index contributed by atoms with van der Waals surface area (Å²) >= 11 is 0. The van der Waals surface area contributed by atoms with Crippen LogP contribution in [0.5, 0.6) is 0 Å². The van der Waals surface area contributed by atoms with Crippen LogP contribution in [0, 0.1) is 24.1 Å². The lowest BCUT2D eigenvalue weighted by Gasteiger charge is -2.31. The number of hydrogen-bond donors (Lipinski definition) is 3. The fourth-order valence-electron chi connectivity index (χ4n) is 3.76. The molecule has 4 rings (SSSR count). The maximum absolute atomic E-state index is 14.4. The molecule has 32 heavy (non-hydrogen) atoms. The van der Waals surface area contributed by atoms with Crippen LogP contribution in [0.1, 0.15) is 21.6 Å². The largest absolute Gasteiger partial charge is 0.397 e. The van der Waals surface area contributed by atoms with Gasteiger partial charge in [-0.05, 0) is 19.1 Å². The molecule has 2 aromatic heterocycles. The van der Waals surface area contributed by atoms with Crippen LogP contribution >= 0.6 is 0 Å². The molecule has 1 aliphatic heterocycles. The molecule has 0 bridgehead atoms. The Balaban J connectivity index is 1.67. The van der Waals surface area contributed by atoms with Gasteiger partial charge in [-0.25, -0.2) is 9.37 Å². The van der Waals surface area contributed by atoms with Crippen molar-refractivity contribution < 1.29 is 9.18 Å². The molecule has 1 aliphatic rings. The Morgan fingerprint density at radius 1 is 1.41 bits per heavy atom. The second-order valence-electron chi connectivity index (χ2n) is 7.47. The smallest absolute Gasteiger partial charge is 0.257 e. The summed E-state index contributed by atoms with van der Waals surface area (Å²) < 4.78 is 15.9. The van der Waals surface area contributed by atoms with E-state index in [1.54, 1.807) is 25.4 Å². The minimum atomic E-state index is -0.540. The van der Waals surface area contributed by atoms with Crippen molar-refractivity contribution in [3.63, 3.8) is 0 Å². The summed E-state index contributed by atoms with van der Waals surface area (Å²) in [5.74, 6) is -1.01. The number of imidazole rings is 1. The first-order valence-electron chi connectivity index (χ1n) is 10.2. The van der Waals surface area contributed by atoms with Crippen molar-refractivity contribution in [3.8, 4) is 6.07 Å². The van der Waals surface area contributed by atoms with Crippen LogP contribution in [0.15, 0.2) is 35.6 Å². The van der Waals surface area contributed by atoms with Crippen LogP contribution in [-0.4, -0.2) is 54.2 Å². The quantitative estimate of drug-likeness (QED) is 0.320.